The van der Waals surface area contributed by atoms with Crippen molar-refractivity contribution in [3.05, 3.63) is 35.4 Å². The van der Waals surface area contributed by atoms with Crippen LogP contribution in [0.1, 0.15) is 25.0 Å². The lowest BCUT2D eigenvalue weighted by Gasteiger charge is -2.17. The molecule has 0 saturated carbocycles. The molecule has 1 aromatic carbocycles. The number of benzene rings is 1. The topological polar surface area (TPSA) is 49.3 Å². The van der Waals surface area contributed by atoms with Gasteiger partial charge in [-0.1, -0.05) is 29.8 Å². The van der Waals surface area contributed by atoms with Crippen LogP contribution in [0.2, 0.25) is 0 Å². The molecule has 0 fully saturated rings. The Kier molecular flexibility index (Phi) is 5.69. The third kappa shape index (κ3) is 6.67. The average Bonchev–Trinajstić information content (AvgIpc) is 2.28. The second kappa shape index (κ2) is 6.81. The van der Waals surface area contributed by atoms with Crippen LogP contribution in [-0.4, -0.2) is 28.9 Å². The maximum Gasteiger partial charge on any atom is 0.230 e. The molecular weight excluding hydrogens is 246 g/mol. The highest BCUT2D eigenvalue weighted by Gasteiger charge is 2.13. The molecule has 0 atom stereocenters. The first-order chi connectivity index (χ1) is 8.37. The molecule has 0 heterocycles. The molecule has 18 heavy (non-hydrogen) atoms. The molecule has 4 heteroatoms. The summed E-state index contributed by atoms with van der Waals surface area (Å²) in [7, 11) is 0. The zero-order valence-electron chi connectivity index (χ0n) is 11.2. The van der Waals surface area contributed by atoms with E-state index in [9.17, 15) is 9.90 Å². The molecular formula is C14H21NO2S. The Balaban J connectivity index is 2.21. The summed E-state index contributed by atoms with van der Waals surface area (Å²) in [5, 5.41) is 12.2. The highest BCUT2D eigenvalue weighted by molar-refractivity contribution is 7.99. The molecule has 0 aliphatic heterocycles. The predicted molar refractivity (Wildman–Crippen MR) is 76.6 cm³/mol. The molecule has 1 aromatic rings. The minimum atomic E-state index is -0.850. The lowest BCUT2D eigenvalue weighted by Crippen LogP contribution is -2.38. The smallest absolute Gasteiger partial charge is 0.230 e. The number of amides is 1. The molecule has 0 spiro atoms. The summed E-state index contributed by atoms with van der Waals surface area (Å²) in [4.78, 5) is 11.5. The number of hydrogen-bond acceptors (Lipinski definition) is 3. The van der Waals surface area contributed by atoms with Crippen molar-refractivity contribution < 1.29 is 9.90 Å². The largest absolute Gasteiger partial charge is 0.389 e. The summed E-state index contributed by atoms with van der Waals surface area (Å²) in [5.74, 6) is 1.22. The summed E-state index contributed by atoms with van der Waals surface area (Å²) in [6.45, 7) is 5.69. The lowest BCUT2D eigenvalue weighted by molar-refractivity contribution is -0.119. The summed E-state index contributed by atoms with van der Waals surface area (Å²) in [6, 6.07) is 8.31. The number of thioether (sulfide) groups is 1. The van der Waals surface area contributed by atoms with Gasteiger partial charge in [0.2, 0.25) is 5.91 Å². The van der Waals surface area contributed by atoms with E-state index < -0.39 is 5.60 Å². The van der Waals surface area contributed by atoms with Gasteiger partial charge in [-0.2, -0.15) is 0 Å². The number of aliphatic hydroxyl groups is 1. The van der Waals surface area contributed by atoms with Crippen LogP contribution >= 0.6 is 11.8 Å². The van der Waals surface area contributed by atoms with Crippen molar-refractivity contribution >= 4 is 17.7 Å². The van der Waals surface area contributed by atoms with E-state index in [0.717, 1.165) is 5.75 Å². The van der Waals surface area contributed by atoms with Crippen molar-refractivity contribution in [1.82, 2.24) is 5.32 Å². The van der Waals surface area contributed by atoms with Crippen LogP contribution in [0.3, 0.4) is 0 Å². The molecule has 0 saturated heterocycles. The standard InChI is InChI=1S/C14H21NO2S/c1-11-4-6-12(7-5-11)8-18-9-13(16)15-10-14(2,3)17/h4-7,17H,8-10H2,1-3H3,(H,15,16). The van der Waals surface area contributed by atoms with E-state index in [-0.39, 0.29) is 12.5 Å². The van der Waals surface area contributed by atoms with Gasteiger partial charge < -0.3 is 10.4 Å². The third-order valence-electron chi connectivity index (χ3n) is 2.34. The fraction of sp³-hybridized carbons (Fsp3) is 0.500. The van der Waals surface area contributed by atoms with Crippen molar-refractivity contribution in [1.29, 1.82) is 0 Å². The summed E-state index contributed by atoms with van der Waals surface area (Å²) < 4.78 is 0. The first kappa shape index (κ1) is 15.1. The molecule has 2 N–H and O–H groups in total. The second-order valence-electron chi connectivity index (χ2n) is 5.07. The maximum atomic E-state index is 11.5. The fourth-order valence-electron chi connectivity index (χ4n) is 1.31. The van der Waals surface area contributed by atoms with Crippen LogP contribution in [-0.2, 0) is 10.5 Å². The van der Waals surface area contributed by atoms with Crippen molar-refractivity contribution in [3.63, 3.8) is 0 Å². The van der Waals surface area contributed by atoms with Crippen molar-refractivity contribution in [2.24, 2.45) is 0 Å². The van der Waals surface area contributed by atoms with Gasteiger partial charge in [-0.3, -0.25) is 4.79 Å². The van der Waals surface area contributed by atoms with Gasteiger partial charge in [0.05, 0.1) is 11.4 Å². The van der Waals surface area contributed by atoms with E-state index in [4.69, 9.17) is 0 Å². The average molecular weight is 267 g/mol. The Morgan fingerprint density at radius 3 is 2.50 bits per heavy atom. The number of carbonyl (C=O) groups is 1. The van der Waals surface area contributed by atoms with E-state index >= 15 is 0 Å². The minimum absolute atomic E-state index is 0.0331. The SMILES string of the molecule is Cc1ccc(CSCC(=O)NCC(C)(C)O)cc1. The predicted octanol–water partition coefficient (Wildman–Crippen LogP) is 2.12. The van der Waals surface area contributed by atoms with Gasteiger partial charge in [-0.15, -0.1) is 11.8 Å². The number of hydrogen-bond donors (Lipinski definition) is 2. The van der Waals surface area contributed by atoms with Crippen molar-refractivity contribution in [3.8, 4) is 0 Å². The van der Waals surface area contributed by atoms with Gasteiger partial charge in [-0.05, 0) is 26.3 Å². The molecule has 3 nitrogen and oxygen atoms in total. The Hall–Kier alpha value is -1.00. The minimum Gasteiger partial charge on any atom is -0.389 e. The summed E-state index contributed by atoms with van der Waals surface area (Å²) >= 11 is 1.58. The number of aryl methyl sites for hydroxylation is 1. The van der Waals surface area contributed by atoms with Gasteiger partial charge in [0.1, 0.15) is 0 Å². The zero-order valence-corrected chi connectivity index (χ0v) is 12.0. The number of rotatable bonds is 6. The van der Waals surface area contributed by atoms with Gasteiger partial charge in [0.15, 0.2) is 0 Å². The van der Waals surface area contributed by atoms with Crippen LogP contribution in [0.15, 0.2) is 24.3 Å². The normalized spacial score (nSPS) is 11.3. The summed E-state index contributed by atoms with van der Waals surface area (Å²) in [5.41, 5.74) is 1.62. The van der Waals surface area contributed by atoms with Crippen LogP contribution in [0.5, 0.6) is 0 Å². The first-order valence-corrected chi connectivity index (χ1v) is 7.15. The van der Waals surface area contributed by atoms with E-state index in [1.54, 1.807) is 25.6 Å². The molecule has 0 unspecified atom stereocenters. The second-order valence-corrected chi connectivity index (χ2v) is 6.05. The molecule has 0 aliphatic carbocycles. The third-order valence-corrected chi connectivity index (χ3v) is 3.34. The molecule has 0 radical (unpaired) electrons. The van der Waals surface area contributed by atoms with E-state index in [1.807, 2.05) is 0 Å². The number of nitrogens with one attached hydrogen (secondary N) is 1. The first-order valence-electron chi connectivity index (χ1n) is 5.99. The van der Waals surface area contributed by atoms with Gasteiger partial charge in [0, 0.05) is 12.3 Å². The molecule has 1 amide bonds. The van der Waals surface area contributed by atoms with Crippen LogP contribution in [0, 0.1) is 6.92 Å². The zero-order chi connectivity index (χ0) is 13.6. The van der Waals surface area contributed by atoms with E-state index in [1.165, 1.54) is 11.1 Å². The molecule has 0 aromatic heterocycles. The van der Waals surface area contributed by atoms with Crippen molar-refractivity contribution in [2.45, 2.75) is 32.1 Å². The molecule has 0 bridgehead atoms. The van der Waals surface area contributed by atoms with Crippen LogP contribution in [0.4, 0.5) is 0 Å². The van der Waals surface area contributed by atoms with Crippen LogP contribution in [0.25, 0.3) is 0 Å². The Bertz CT molecular complexity index is 382. The van der Waals surface area contributed by atoms with Gasteiger partial charge in [0.25, 0.3) is 0 Å². The highest BCUT2D eigenvalue weighted by atomic mass is 32.2. The molecule has 0 aliphatic rings. The fourth-order valence-corrected chi connectivity index (χ4v) is 2.13. The van der Waals surface area contributed by atoms with E-state index in [2.05, 4.69) is 36.5 Å². The van der Waals surface area contributed by atoms with Crippen LogP contribution < -0.4 is 5.32 Å². The highest BCUT2D eigenvalue weighted by Crippen LogP contribution is 2.12. The van der Waals surface area contributed by atoms with Crippen molar-refractivity contribution in [2.75, 3.05) is 12.3 Å². The molecule has 1 rings (SSSR count). The Morgan fingerprint density at radius 2 is 1.94 bits per heavy atom. The van der Waals surface area contributed by atoms with Gasteiger partial charge in [-0.25, -0.2) is 0 Å². The Morgan fingerprint density at radius 1 is 1.33 bits per heavy atom. The van der Waals surface area contributed by atoms with Gasteiger partial charge >= 0.3 is 0 Å². The van der Waals surface area contributed by atoms with E-state index in [0.29, 0.717) is 5.75 Å². The molecule has 100 valence electrons. The maximum absolute atomic E-state index is 11.5. The monoisotopic (exact) mass is 267 g/mol. The quantitative estimate of drug-likeness (QED) is 0.830. The lowest BCUT2D eigenvalue weighted by atomic mass is 10.1. The number of carbonyl (C=O) groups excluding carboxylic acids is 1. The Labute approximate surface area is 113 Å². The summed E-state index contributed by atoms with van der Waals surface area (Å²) in [6.07, 6.45) is 0.